The fraction of sp³-hybridized carbons (Fsp3) is 0.963. The van der Waals surface area contributed by atoms with Crippen LogP contribution in [-0.2, 0) is 13.6 Å². The van der Waals surface area contributed by atoms with Gasteiger partial charge in [0.1, 0.15) is 13.6 Å². The van der Waals surface area contributed by atoms with Crippen molar-refractivity contribution in [3.8, 4) is 0 Å². The highest BCUT2D eigenvalue weighted by Gasteiger charge is 2.61. The molecular weight excluding hydrogens is 396 g/mol. The first-order valence-electron chi connectivity index (χ1n) is 13.7. The minimum Gasteiger partial charge on any atom is -0.390 e. The Labute approximate surface area is 195 Å². The first-order valence-corrected chi connectivity index (χ1v) is 13.7. The van der Waals surface area contributed by atoms with Crippen LogP contribution in [0.4, 0.5) is 0 Å². The van der Waals surface area contributed by atoms with Crippen LogP contribution in [-0.4, -0.2) is 25.7 Å². The zero-order chi connectivity index (χ0) is 22.7. The lowest BCUT2D eigenvalue weighted by molar-refractivity contribution is -0.809. The van der Waals surface area contributed by atoms with Crippen LogP contribution in [0.2, 0.25) is 0 Å². The molecule has 4 saturated carbocycles. The van der Waals surface area contributed by atoms with Crippen LogP contribution >= 0.6 is 0 Å². The lowest BCUT2D eigenvalue weighted by Crippen LogP contribution is -2.56. The molecule has 4 aliphatic rings. The summed E-state index contributed by atoms with van der Waals surface area (Å²) in [4.78, 5) is 3.92. The molecule has 0 aliphatic heterocycles. The molecule has 180 valence electrons. The Bertz CT molecular complexity index is 824. The second-order valence-electron chi connectivity index (χ2n) is 12.9. The summed E-state index contributed by atoms with van der Waals surface area (Å²) >= 11 is 0. The molecule has 1 aromatic rings. The highest BCUT2D eigenvalue weighted by atomic mass is 16.3. The summed E-state index contributed by atoms with van der Waals surface area (Å²) in [7, 11) is 2.00. The van der Waals surface area contributed by atoms with Crippen molar-refractivity contribution in [2.75, 3.05) is 0 Å². The molecule has 0 amide bonds. The molecule has 0 spiro atoms. The fourth-order valence-electron chi connectivity index (χ4n) is 9.83. The number of hydrogen-bond acceptors (Lipinski definition) is 3. The van der Waals surface area contributed by atoms with Crippen LogP contribution in [0, 0.1) is 46.3 Å². The molecular formula is C27H47N4O+. The number of rotatable bonds is 5. The van der Waals surface area contributed by atoms with Gasteiger partial charge in [0, 0.05) is 0 Å². The summed E-state index contributed by atoms with van der Waals surface area (Å²) in [6, 6.07) is 0. The third kappa shape index (κ3) is 3.47. The van der Waals surface area contributed by atoms with Crippen molar-refractivity contribution in [3.63, 3.8) is 0 Å². The predicted octanol–water partition coefficient (Wildman–Crippen LogP) is 4.93. The molecule has 5 rings (SSSR count). The first kappa shape index (κ1) is 22.8. The van der Waals surface area contributed by atoms with Gasteiger partial charge in [-0.2, -0.15) is 0 Å². The molecule has 5 heteroatoms. The molecule has 0 radical (unpaired) electrons. The van der Waals surface area contributed by atoms with Crippen LogP contribution in [0.3, 0.4) is 0 Å². The Kier molecular flexibility index (Phi) is 5.74. The molecule has 9 atom stereocenters. The van der Waals surface area contributed by atoms with Gasteiger partial charge in [0.15, 0.2) is 0 Å². The molecule has 32 heavy (non-hydrogen) atoms. The summed E-state index contributed by atoms with van der Waals surface area (Å²) in [5.41, 5.74) is 0.573. The van der Waals surface area contributed by atoms with Crippen molar-refractivity contribution < 1.29 is 9.90 Å². The minimum absolute atomic E-state index is 0.375. The zero-order valence-corrected chi connectivity index (χ0v) is 21.3. The van der Waals surface area contributed by atoms with E-state index < -0.39 is 0 Å². The van der Waals surface area contributed by atoms with E-state index in [2.05, 4.69) is 37.9 Å². The number of aromatic nitrogens is 4. The largest absolute Gasteiger partial charge is 0.390 e. The Balaban J connectivity index is 1.32. The van der Waals surface area contributed by atoms with E-state index in [4.69, 9.17) is 0 Å². The fourth-order valence-corrected chi connectivity index (χ4v) is 9.83. The predicted molar refractivity (Wildman–Crippen MR) is 125 cm³/mol. The van der Waals surface area contributed by atoms with E-state index in [-0.39, 0.29) is 5.60 Å². The van der Waals surface area contributed by atoms with Gasteiger partial charge in [0.2, 0.25) is 0 Å². The molecule has 5 nitrogen and oxygen atoms in total. The summed E-state index contributed by atoms with van der Waals surface area (Å²) in [5.74, 6) is 4.86. The lowest BCUT2D eigenvalue weighted by atomic mass is 9.43. The second kappa shape index (κ2) is 8.06. The Morgan fingerprint density at radius 2 is 1.84 bits per heavy atom. The SMILES string of the molecule is CCC[C@@]1(O)CC[C@@]2(C)[C@H](CC[C@@H]3[C@@H]2CC[C@]2(C)[C@@H]([C@@H](C)Cn4ncn[n+]4C)CC[C@@H]32)C1. The van der Waals surface area contributed by atoms with Gasteiger partial charge in [-0.1, -0.05) is 38.9 Å². The average Bonchev–Trinajstić information content (AvgIpc) is 3.31. The lowest BCUT2D eigenvalue weighted by Gasteiger charge is -2.62. The third-order valence-corrected chi connectivity index (χ3v) is 11.5. The van der Waals surface area contributed by atoms with Gasteiger partial charge in [-0.25, -0.2) is 0 Å². The highest BCUT2D eigenvalue weighted by molar-refractivity contribution is 5.10. The number of nitrogens with zero attached hydrogens (tertiary/aromatic N) is 4. The Morgan fingerprint density at radius 3 is 2.56 bits per heavy atom. The minimum atomic E-state index is -0.375. The van der Waals surface area contributed by atoms with Crippen LogP contribution in [0.5, 0.6) is 0 Å². The van der Waals surface area contributed by atoms with E-state index in [0.29, 0.717) is 16.7 Å². The van der Waals surface area contributed by atoms with Crippen molar-refractivity contribution in [1.82, 2.24) is 15.0 Å². The van der Waals surface area contributed by atoms with Crippen LogP contribution in [0.1, 0.15) is 98.3 Å². The Hall–Kier alpha value is -0.970. The van der Waals surface area contributed by atoms with Gasteiger partial charge in [-0.05, 0) is 120 Å². The van der Waals surface area contributed by atoms with Crippen molar-refractivity contribution in [2.24, 2.45) is 53.4 Å². The normalized spacial score (nSPS) is 46.9. The summed E-state index contributed by atoms with van der Waals surface area (Å²) < 4.78 is 0. The average molecular weight is 444 g/mol. The van der Waals surface area contributed by atoms with Gasteiger partial charge in [-0.3, -0.25) is 0 Å². The van der Waals surface area contributed by atoms with Gasteiger partial charge >= 0.3 is 0 Å². The van der Waals surface area contributed by atoms with Crippen LogP contribution in [0.25, 0.3) is 0 Å². The number of hydrogen-bond donors (Lipinski definition) is 1. The Morgan fingerprint density at radius 1 is 1.06 bits per heavy atom. The molecule has 4 aliphatic carbocycles. The molecule has 1 heterocycles. The van der Waals surface area contributed by atoms with Crippen molar-refractivity contribution >= 4 is 0 Å². The molecule has 0 aromatic carbocycles. The topological polar surface area (TPSA) is 54.8 Å². The van der Waals surface area contributed by atoms with Gasteiger partial charge in [0.25, 0.3) is 6.33 Å². The van der Waals surface area contributed by atoms with Crippen molar-refractivity contribution in [3.05, 3.63) is 6.33 Å². The quantitative estimate of drug-likeness (QED) is 0.657. The van der Waals surface area contributed by atoms with Gasteiger partial charge in [0.05, 0.1) is 10.7 Å². The summed E-state index contributed by atoms with van der Waals surface area (Å²) in [6.45, 7) is 10.9. The molecule has 1 N–H and O–H groups in total. The molecule has 0 unspecified atom stereocenters. The maximum atomic E-state index is 11.2. The van der Waals surface area contributed by atoms with Crippen LogP contribution < -0.4 is 4.80 Å². The van der Waals surface area contributed by atoms with E-state index in [1.807, 2.05) is 16.6 Å². The summed E-state index contributed by atoms with van der Waals surface area (Å²) in [5, 5.41) is 19.9. The number of tetrazole rings is 1. The smallest absolute Gasteiger partial charge is 0.296 e. The maximum Gasteiger partial charge on any atom is 0.296 e. The zero-order valence-electron chi connectivity index (χ0n) is 21.3. The first-order chi connectivity index (χ1) is 15.2. The van der Waals surface area contributed by atoms with E-state index in [0.717, 1.165) is 61.8 Å². The van der Waals surface area contributed by atoms with Crippen LogP contribution in [0.15, 0.2) is 6.33 Å². The van der Waals surface area contributed by atoms with Crippen molar-refractivity contribution in [2.45, 2.75) is 110 Å². The monoisotopic (exact) mass is 443 g/mol. The van der Waals surface area contributed by atoms with Crippen molar-refractivity contribution in [1.29, 1.82) is 0 Å². The molecule has 0 saturated heterocycles. The highest BCUT2D eigenvalue weighted by Crippen LogP contribution is 2.68. The van der Waals surface area contributed by atoms with E-state index in [9.17, 15) is 5.11 Å². The van der Waals surface area contributed by atoms with E-state index in [1.165, 1.54) is 44.9 Å². The van der Waals surface area contributed by atoms with E-state index in [1.54, 1.807) is 6.33 Å². The maximum absolute atomic E-state index is 11.2. The molecule has 4 fully saturated rings. The number of aliphatic hydroxyl groups is 1. The standard InChI is InChI=1S/C27H47N4O/c1-6-12-27(32)15-14-25(3)20(16-27)7-8-21-23-10-9-22(26(23,4)13-11-24(21)25)19(2)17-31-29-18-28-30(31)5/h18-24,32H,6-17H2,1-5H3/q+1/t19-,20+,21-,22+,23-,24-,25-,26+,27+/m0/s1. The third-order valence-electron chi connectivity index (χ3n) is 11.5. The van der Waals surface area contributed by atoms with E-state index >= 15 is 0 Å². The molecule has 0 bridgehead atoms. The molecule has 1 aromatic heterocycles. The van der Waals surface area contributed by atoms with Gasteiger partial charge in [-0.15, -0.1) is 0 Å². The number of aryl methyl sites for hydroxylation is 1. The number of fused-ring (bicyclic) bond motifs is 5. The summed E-state index contributed by atoms with van der Waals surface area (Å²) in [6.07, 6.45) is 15.5. The second-order valence-corrected chi connectivity index (χ2v) is 12.9. The van der Waals surface area contributed by atoms with Gasteiger partial charge < -0.3 is 5.11 Å².